The minimum absolute atomic E-state index is 0.0700. The van der Waals surface area contributed by atoms with Crippen molar-refractivity contribution >= 4 is 5.91 Å². The molecule has 2 atom stereocenters. The second-order valence-electron chi connectivity index (χ2n) is 13.0. The molecule has 0 heterocycles. The molecule has 0 aromatic carbocycles. The van der Waals surface area contributed by atoms with E-state index in [0.29, 0.717) is 6.42 Å². The highest BCUT2D eigenvalue weighted by Gasteiger charge is 2.17. The number of aliphatic hydroxyl groups excluding tert-OH is 2. The van der Waals surface area contributed by atoms with Crippen LogP contribution in [0.5, 0.6) is 0 Å². The molecule has 1 amide bonds. The number of carbonyl (C=O) groups is 1. The van der Waals surface area contributed by atoms with E-state index in [9.17, 15) is 15.0 Å². The molecule has 0 bridgehead atoms. The SMILES string of the molecule is CCCCCCCCCCCCCCCCCCCCCCC/C=C/C(O)C(CO)NC(=O)CCCCCCCCC. The Labute approximate surface area is 263 Å². The first-order valence-electron chi connectivity index (χ1n) is 18.9. The molecule has 250 valence electrons. The number of rotatable bonds is 34. The highest BCUT2D eigenvalue weighted by molar-refractivity contribution is 5.76. The average Bonchev–Trinajstić information content (AvgIpc) is 2.99. The first-order chi connectivity index (χ1) is 20.7. The van der Waals surface area contributed by atoms with Crippen LogP contribution in [-0.2, 0) is 4.79 Å². The minimum Gasteiger partial charge on any atom is -0.394 e. The summed E-state index contributed by atoms with van der Waals surface area (Å²) < 4.78 is 0. The Morgan fingerprint density at radius 1 is 0.548 bits per heavy atom. The second kappa shape index (κ2) is 34.6. The summed E-state index contributed by atoms with van der Waals surface area (Å²) in [5, 5.41) is 22.8. The van der Waals surface area contributed by atoms with Crippen molar-refractivity contribution in [1.29, 1.82) is 0 Å². The molecule has 0 aromatic heterocycles. The lowest BCUT2D eigenvalue weighted by Crippen LogP contribution is -2.45. The topological polar surface area (TPSA) is 69.6 Å². The van der Waals surface area contributed by atoms with E-state index in [0.717, 1.165) is 25.7 Å². The number of allylic oxidation sites excluding steroid dienone is 1. The van der Waals surface area contributed by atoms with Gasteiger partial charge in [0.15, 0.2) is 0 Å². The highest BCUT2D eigenvalue weighted by atomic mass is 16.3. The van der Waals surface area contributed by atoms with Gasteiger partial charge in [0.2, 0.25) is 5.91 Å². The molecule has 4 heteroatoms. The molecular formula is C38H75NO3. The third-order valence-electron chi connectivity index (χ3n) is 8.77. The van der Waals surface area contributed by atoms with Gasteiger partial charge >= 0.3 is 0 Å². The quantitative estimate of drug-likeness (QED) is 0.0513. The lowest BCUT2D eigenvalue weighted by Gasteiger charge is -2.20. The molecule has 0 aliphatic rings. The Morgan fingerprint density at radius 2 is 0.881 bits per heavy atom. The van der Waals surface area contributed by atoms with Gasteiger partial charge in [-0.05, 0) is 19.3 Å². The van der Waals surface area contributed by atoms with Crippen LogP contribution in [-0.4, -0.2) is 34.9 Å². The van der Waals surface area contributed by atoms with E-state index in [1.54, 1.807) is 6.08 Å². The summed E-state index contributed by atoms with van der Waals surface area (Å²) in [6, 6.07) is -0.613. The molecule has 0 radical (unpaired) electrons. The van der Waals surface area contributed by atoms with Gasteiger partial charge in [-0.15, -0.1) is 0 Å². The summed E-state index contributed by atoms with van der Waals surface area (Å²) in [7, 11) is 0. The molecule has 0 rings (SSSR count). The summed E-state index contributed by atoms with van der Waals surface area (Å²) in [6.45, 7) is 4.27. The molecule has 42 heavy (non-hydrogen) atoms. The van der Waals surface area contributed by atoms with Crippen molar-refractivity contribution in [1.82, 2.24) is 5.32 Å². The average molecular weight is 594 g/mol. The zero-order chi connectivity index (χ0) is 30.8. The van der Waals surface area contributed by atoms with Gasteiger partial charge in [-0.25, -0.2) is 0 Å². The predicted octanol–water partition coefficient (Wildman–Crippen LogP) is 11.1. The van der Waals surface area contributed by atoms with Crippen LogP contribution in [0.3, 0.4) is 0 Å². The standard InChI is InChI=1S/C38H75NO3/c1-3-5-7-9-11-12-13-14-15-16-17-18-19-20-21-22-23-24-25-26-28-29-31-33-37(41)36(35-40)39-38(42)34-32-30-27-10-8-6-4-2/h31,33,36-37,40-41H,3-30,32,34-35H2,1-2H3,(H,39,42)/b33-31+. The maximum atomic E-state index is 12.2. The van der Waals surface area contributed by atoms with Gasteiger partial charge in [-0.1, -0.05) is 193 Å². The van der Waals surface area contributed by atoms with Crippen molar-refractivity contribution in [3.05, 3.63) is 12.2 Å². The van der Waals surface area contributed by atoms with Gasteiger partial charge in [0.1, 0.15) is 0 Å². The van der Waals surface area contributed by atoms with Crippen molar-refractivity contribution in [2.24, 2.45) is 0 Å². The lowest BCUT2D eigenvalue weighted by molar-refractivity contribution is -0.123. The third kappa shape index (κ3) is 30.6. The van der Waals surface area contributed by atoms with Crippen LogP contribution in [0, 0.1) is 0 Å². The van der Waals surface area contributed by atoms with Crippen LogP contribution in [0.4, 0.5) is 0 Å². The zero-order valence-electron chi connectivity index (χ0n) is 28.5. The lowest BCUT2D eigenvalue weighted by atomic mass is 10.0. The van der Waals surface area contributed by atoms with Gasteiger partial charge < -0.3 is 15.5 Å². The summed E-state index contributed by atoms with van der Waals surface area (Å²) in [6.07, 6.45) is 41.8. The number of unbranched alkanes of at least 4 members (excludes halogenated alkanes) is 27. The van der Waals surface area contributed by atoms with Gasteiger partial charge in [0.05, 0.1) is 18.8 Å². The highest BCUT2D eigenvalue weighted by Crippen LogP contribution is 2.15. The molecule has 0 fully saturated rings. The first-order valence-corrected chi connectivity index (χ1v) is 18.9. The maximum Gasteiger partial charge on any atom is 0.220 e. The molecule has 0 saturated carbocycles. The molecule has 4 nitrogen and oxygen atoms in total. The second-order valence-corrected chi connectivity index (χ2v) is 13.0. The summed E-state index contributed by atoms with van der Waals surface area (Å²) in [4.78, 5) is 12.2. The summed E-state index contributed by atoms with van der Waals surface area (Å²) in [5.74, 6) is -0.0700. The number of amides is 1. The van der Waals surface area contributed by atoms with Crippen molar-refractivity contribution in [2.45, 2.75) is 219 Å². The van der Waals surface area contributed by atoms with Crippen molar-refractivity contribution in [3.63, 3.8) is 0 Å². The Balaban J connectivity index is 3.48. The Kier molecular flexibility index (Phi) is 33.9. The van der Waals surface area contributed by atoms with Crippen LogP contribution in [0.1, 0.15) is 206 Å². The smallest absolute Gasteiger partial charge is 0.220 e. The fourth-order valence-corrected chi connectivity index (χ4v) is 5.82. The van der Waals surface area contributed by atoms with Gasteiger partial charge in [0, 0.05) is 6.42 Å². The van der Waals surface area contributed by atoms with Crippen LogP contribution >= 0.6 is 0 Å². The van der Waals surface area contributed by atoms with Gasteiger partial charge in [0.25, 0.3) is 0 Å². The minimum atomic E-state index is -0.831. The van der Waals surface area contributed by atoms with Crippen molar-refractivity contribution in [2.75, 3.05) is 6.61 Å². The number of hydrogen-bond acceptors (Lipinski definition) is 3. The number of carbonyl (C=O) groups excluding carboxylic acids is 1. The third-order valence-corrected chi connectivity index (χ3v) is 8.77. The molecular weight excluding hydrogens is 518 g/mol. The summed E-state index contributed by atoms with van der Waals surface area (Å²) >= 11 is 0. The fourth-order valence-electron chi connectivity index (χ4n) is 5.82. The van der Waals surface area contributed by atoms with E-state index in [2.05, 4.69) is 19.2 Å². The first kappa shape index (κ1) is 41.1. The maximum absolute atomic E-state index is 12.2. The molecule has 0 saturated heterocycles. The molecule has 0 aliphatic heterocycles. The van der Waals surface area contributed by atoms with E-state index in [-0.39, 0.29) is 12.5 Å². The van der Waals surface area contributed by atoms with Crippen LogP contribution < -0.4 is 5.32 Å². The van der Waals surface area contributed by atoms with Crippen molar-refractivity contribution in [3.8, 4) is 0 Å². The zero-order valence-corrected chi connectivity index (χ0v) is 28.5. The Hall–Kier alpha value is -0.870. The summed E-state index contributed by atoms with van der Waals surface area (Å²) in [5.41, 5.74) is 0. The fraction of sp³-hybridized carbons (Fsp3) is 0.921. The van der Waals surface area contributed by atoms with E-state index < -0.39 is 12.1 Å². The van der Waals surface area contributed by atoms with Crippen LogP contribution in [0.15, 0.2) is 12.2 Å². The number of nitrogens with one attached hydrogen (secondary N) is 1. The van der Waals surface area contributed by atoms with E-state index in [1.807, 2.05) is 6.08 Å². The molecule has 3 N–H and O–H groups in total. The molecule has 0 spiro atoms. The van der Waals surface area contributed by atoms with Gasteiger partial charge in [-0.3, -0.25) is 4.79 Å². The van der Waals surface area contributed by atoms with Gasteiger partial charge in [-0.2, -0.15) is 0 Å². The van der Waals surface area contributed by atoms with Crippen molar-refractivity contribution < 1.29 is 15.0 Å². The van der Waals surface area contributed by atoms with E-state index in [1.165, 1.54) is 161 Å². The Bertz CT molecular complexity index is 565. The monoisotopic (exact) mass is 594 g/mol. The predicted molar refractivity (Wildman–Crippen MR) is 184 cm³/mol. The Morgan fingerprint density at radius 3 is 1.24 bits per heavy atom. The van der Waals surface area contributed by atoms with Crippen LogP contribution in [0.25, 0.3) is 0 Å². The normalized spacial score (nSPS) is 13.1. The molecule has 0 aliphatic carbocycles. The molecule has 2 unspecified atom stereocenters. The van der Waals surface area contributed by atoms with E-state index >= 15 is 0 Å². The number of aliphatic hydroxyl groups is 2. The van der Waals surface area contributed by atoms with E-state index in [4.69, 9.17) is 0 Å². The largest absolute Gasteiger partial charge is 0.394 e. The molecule has 0 aromatic rings. The number of hydrogen-bond donors (Lipinski definition) is 3. The van der Waals surface area contributed by atoms with Crippen LogP contribution in [0.2, 0.25) is 0 Å².